The van der Waals surface area contributed by atoms with Gasteiger partial charge in [0.05, 0.1) is 26.4 Å². The summed E-state index contributed by atoms with van der Waals surface area (Å²) in [7, 11) is -4.63. The second kappa shape index (κ2) is 41.1. The van der Waals surface area contributed by atoms with Gasteiger partial charge >= 0.3 is 19.8 Å². The van der Waals surface area contributed by atoms with E-state index in [1.54, 1.807) is 0 Å². The minimum atomic E-state index is -4.63. The van der Waals surface area contributed by atoms with Crippen LogP contribution in [0.5, 0.6) is 0 Å². The number of rotatable bonds is 41. The van der Waals surface area contributed by atoms with Gasteiger partial charge in [-0.15, -0.1) is 0 Å². The van der Waals surface area contributed by atoms with Gasteiger partial charge in [0.15, 0.2) is 0 Å². The first-order valence-electron chi connectivity index (χ1n) is 22.1. The van der Waals surface area contributed by atoms with Crippen molar-refractivity contribution in [1.29, 1.82) is 0 Å². The quantitative estimate of drug-likeness (QED) is 0.0236. The van der Waals surface area contributed by atoms with Gasteiger partial charge in [0.2, 0.25) is 0 Å². The summed E-state index contributed by atoms with van der Waals surface area (Å²) >= 11 is 0. The second-order valence-electron chi connectivity index (χ2n) is 14.7. The third-order valence-corrected chi connectivity index (χ3v) is 10.3. The van der Waals surface area contributed by atoms with Gasteiger partial charge in [-0.2, -0.15) is 0 Å². The van der Waals surface area contributed by atoms with Crippen molar-refractivity contribution in [3.63, 3.8) is 0 Å². The highest BCUT2D eigenvalue weighted by Crippen LogP contribution is 2.43. The summed E-state index contributed by atoms with van der Waals surface area (Å²) in [5.74, 6) is -1.02. The van der Waals surface area contributed by atoms with E-state index in [1.807, 2.05) is 0 Å². The van der Waals surface area contributed by atoms with E-state index >= 15 is 0 Å². The van der Waals surface area contributed by atoms with Gasteiger partial charge in [0.25, 0.3) is 0 Å². The Balaban J connectivity index is 3.87. The molecule has 326 valence electrons. The van der Waals surface area contributed by atoms with Crippen LogP contribution in [0.4, 0.5) is 0 Å². The minimum absolute atomic E-state index is 0.186. The van der Waals surface area contributed by atoms with Crippen LogP contribution in [0.2, 0.25) is 0 Å². The molecule has 0 aromatic heterocycles. The maximum absolute atomic E-state index is 12.3. The first-order chi connectivity index (χ1) is 27.3. The summed E-state index contributed by atoms with van der Waals surface area (Å²) in [6.07, 6.45) is 43.8. The molecule has 3 N–H and O–H groups in total. The molecule has 10 nitrogen and oxygen atoms in total. The molecular weight excluding hydrogens is 731 g/mol. The molecule has 0 aliphatic heterocycles. The van der Waals surface area contributed by atoms with Crippen molar-refractivity contribution in [2.45, 2.75) is 199 Å². The van der Waals surface area contributed by atoms with Crippen LogP contribution in [0.3, 0.4) is 0 Å². The van der Waals surface area contributed by atoms with Crippen molar-refractivity contribution in [3.05, 3.63) is 48.6 Å². The van der Waals surface area contributed by atoms with E-state index in [2.05, 4.69) is 62.5 Å². The lowest BCUT2D eigenvalue weighted by molar-refractivity contribution is -0.153. The Kier molecular flexibility index (Phi) is 39.6. The number of phosphoric ester groups is 1. The summed E-state index contributed by atoms with van der Waals surface area (Å²) in [6.45, 7) is 2.07. The highest BCUT2D eigenvalue weighted by molar-refractivity contribution is 7.47. The van der Waals surface area contributed by atoms with Gasteiger partial charge in [0.1, 0.15) is 12.2 Å². The first kappa shape index (κ1) is 53.9. The molecule has 0 bridgehead atoms. The standard InChI is InChI=1S/C45H81O10P/c1-3-5-7-9-11-13-15-16-17-18-19-20-21-22-23-24-25-26-27-29-31-33-35-37-45(49)55-43(39-47)41-53-56(50,51)52-40-42(38-46)54-44(48)36-34-32-30-28-14-12-10-8-6-4-2/h5,7,11,13,16-17,19-20,42-43,46-47H,3-4,6,8-10,12,14-15,18,21-41H2,1-2H3,(H,50,51)/b7-5-,13-11-,17-16-,20-19-. The average molecular weight is 813 g/mol. The lowest BCUT2D eigenvalue weighted by atomic mass is 10.0. The Morgan fingerprint density at radius 1 is 0.500 bits per heavy atom. The van der Waals surface area contributed by atoms with Crippen LogP contribution < -0.4 is 0 Å². The fraction of sp³-hybridized carbons (Fsp3) is 0.778. The van der Waals surface area contributed by atoms with Crippen LogP contribution in [0.1, 0.15) is 187 Å². The normalized spacial score (nSPS) is 14.3. The van der Waals surface area contributed by atoms with Crippen molar-refractivity contribution in [2.24, 2.45) is 0 Å². The summed E-state index contributed by atoms with van der Waals surface area (Å²) < 4.78 is 32.5. The zero-order valence-corrected chi connectivity index (χ0v) is 36.2. The fourth-order valence-corrected chi connectivity index (χ4v) is 6.71. The molecule has 56 heavy (non-hydrogen) atoms. The number of unbranched alkanes of at least 4 members (excludes halogenated alkanes) is 19. The smallest absolute Gasteiger partial charge is 0.457 e. The Hall–Kier alpha value is -2.07. The number of phosphoric acid groups is 1. The number of aliphatic hydroxyl groups is 2. The van der Waals surface area contributed by atoms with E-state index in [9.17, 15) is 29.3 Å². The molecule has 0 aliphatic rings. The number of allylic oxidation sites excluding steroid dienone is 8. The molecule has 0 aliphatic carbocycles. The molecule has 0 spiro atoms. The van der Waals surface area contributed by atoms with Crippen LogP contribution in [0.25, 0.3) is 0 Å². The van der Waals surface area contributed by atoms with Crippen molar-refractivity contribution >= 4 is 19.8 Å². The molecule has 0 fully saturated rings. The Labute approximate surface area is 341 Å². The van der Waals surface area contributed by atoms with E-state index in [-0.39, 0.29) is 12.8 Å². The third-order valence-electron chi connectivity index (χ3n) is 9.31. The molecule has 3 atom stereocenters. The largest absolute Gasteiger partial charge is 0.472 e. The van der Waals surface area contributed by atoms with Crippen LogP contribution in [0, 0.1) is 0 Å². The summed E-state index contributed by atoms with van der Waals surface area (Å²) in [4.78, 5) is 34.4. The van der Waals surface area contributed by atoms with Crippen molar-refractivity contribution in [3.8, 4) is 0 Å². The molecule has 0 amide bonds. The van der Waals surface area contributed by atoms with E-state index in [4.69, 9.17) is 18.5 Å². The maximum atomic E-state index is 12.3. The summed E-state index contributed by atoms with van der Waals surface area (Å²) in [5.41, 5.74) is 0. The van der Waals surface area contributed by atoms with Crippen molar-refractivity contribution in [1.82, 2.24) is 0 Å². The maximum Gasteiger partial charge on any atom is 0.472 e. The highest BCUT2D eigenvalue weighted by atomic mass is 31.2. The molecular formula is C45H81O10P. The van der Waals surface area contributed by atoms with Gasteiger partial charge in [-0.25, -0.2) is 4.57 Å². The van der Waals surface area contributed by atoms with Crippen LogP contribution in [-0.2, 0) is 32.7 Å². The van der Waals surface area contributed by atoms with Gasteiger partial charge in [-0.05, 0) is 51.4 Å². The lowest BCUT2D eigenvalue weighted by Gasteiger charge is -2.20. The molecule has 0 saturated carbocycles. The number of aliphatic hydroxyl groups excluding tert-OH is 2. The monoisotopic (exact) mass is 813 g/mol. The number of carbonyl (C=O) groups is 2. The number of carbonyl (C=O) groups excluding carboxylic acids is 2. The summed E-state index contributed by atoms with van der Waals surface area (Å²) in [6, 6.07) is 0. The molecule has 3 unspecified atom stereocenters. The highest BCUT2D eigenvalue weighted by Gasteiger charge is 2.27. The predicted octanol–water partition coefficient (Wildman–Crippen LogP) is 11.7. The van der Waals surface area contributed by atoms with Crippen molar-refractivity contribution in [2.75, 3.05) is 26.4 Å². The third kappa shape index (κ3) is 38.8. The number of hydrogen-bond acceptors (Lipinski definition) is 9. The molecule has 11 heteroatoms. The number of ether oxygens (including phenoxy) is 2. The fourth-order valence-electron chi connectivity index (χ4n) is 5.93. The Bertz CT molecular complexity index is 1070. The van der Waals surface area contributed by atoms with Gasteiger partial charge in [-0.1, -0.05) is 172 Å². The zero-order chi connectivity index (χ0) is 41.2. The second-order valence-corrected chi connectivity index (χ2v) is 16.1. The number of esters is 2. The van der Waals surface area contributed by atoms with E-state index in [0.717, 1.165) is 70.6 Å². The molecule has 0 aromatic rings. The molecule has 0 aromatic carbocycles. The van der Waals surface area contributed by atoms with Crippen molar-refractivity contribution < 1.29 is 47.8 Å². The van der Waals surface area contributed by atoms with Crippen LogP contribution in [0.15, 0.2) is 48.6 Å². The Morgan fingerprint density at radius 3 is 1.21 bits per heavy atom. The van der Waals surface area contributed by atoms with E-state index < -0.39 is 58.4 Å². The van der Waals surface area contributed by atoms with E-state index in [1.165, 1.54) is 77.0 Å². The van der Waals surface area contributed by atoms with Crippen LogP contribution in [-0.4, -0.2) is 65.7 Å². The predicted molar refractivity (Wildman–Crippen MR) is 228 cm³/mol. The van der Waals surface area contributed by atoms with Gasteiger partial charge in [0, 0.05) is 12.8 Å². The topological polar surface area (TPSA) is 149 Å². The lowest BCUT2D eigenvalue weighted by Crippen LogP contribution is -2.28. The first-order valence-corrected chi connectivity index (χ1v) is 23.6. The van der Waals surface area contributed by atoms with Gasteiger partial charge in [-0.3, -0.25) is 18.6 Å². The zero-order valence-electron chi connectivity index (χ0n) is 35.3. The Morgan fingerprint density at radius 2 is 0.839 bits per heavy atom. The molecule has 0 radical (unpaired) electrons. The minimum Gasteiger partial charge on any atom is -0.457 e. The van der Waals surface area contributed by atoms with Crippen LogP contribution >= 0.6 is 7.82 Å². The summed E-state index contributed by atoms with van der Waals surface area (Å²) in [5, 5.41) is 19.1. The molecule has 0 heterocycles. The molecule has 0 saturated heterocycles. The number of hydrogen-bond donors (Lipinski definition) is 3. The van der Waals surface area contributed by atoms with Gasteiger partial charge < -0.3 is 24.6 Å². The average Bonchev–Trinajstić information content (AvgIpc) is 3.19. The molecule has 0 rings (SSSR count). The SMILES string of the molecule is CC/C=C\C/C=C\C/C=C\C/C=C\CCCCCCCCCCCCC(=O)OC(CO)COP(=O)(O)OCC(CO)OC(=O)CCCCCCCCCCCC. The van der Waals surface area contributed by atoms with E-state index in [0.29, 0.717) is 12.8 Å².